The van der Waals surface area contributed by atoms with E-state index in [1.54, 1.807) is 25.1 Å². The Balaban J connectivity index is 2.99. The van der Waals surface area contributed by atoms with Crippen LogP contribution in [-0.2, 0) is 4.74 Å². The number of aryl methyl sites for hydroxylation is 1. The lowest BCUT2D eigenvalue weighted by atomic mass is 10.1. The zero-order valence-electron chi connectivity index (χ0n) is 8.97. The van der Waals surface area contributed by atoms with Gasteiger partial charge in [-0.2, -0.15) is 0 Å². The number of carbonyl (C=O) groups excluding carboxylic acids is 1. The van der Waals surface area contributed by atoms with E-state index in [-0.39, 0.29) is 0 Å². The number of methoxy groups -OCH3 is 1. The van der Waals surface area contributed by atoms with Crippen LogP contribution in [0.3, 0.4) is 0 Å². The molecule has 0 amide bonds. The molecule has 0 aliphatic heterocycles. The summed E-state index contributed by atoms with van der Waals surface area (Å²) in [4.78, 5) is 20.8. The van der Waals surface area contributed by atoms with E-state index in [1.165, 1.54) is 13.2 Å². The average Bonchev–Trinajstić information content (AvgIpc) is 2.25. The highest BCUT2D eigenvalue weighted by molar-refractivity contribution is 5.91. The molecule has 0 heterocycles. The Morgan fingerprint density at radius 3 is 2.69 bits per heavy atom. The molecule has 1 aromatic carbocycles. The van der Waals surface area contributed by atoms with Gasteiger partial charge in [-0.15, -0.1) is 0 Å². The predicted octanol–water partition coefficient (Wildman–Crippen LogP) is 2.03. The number of rotatable bonds is 3. The molecule has 0 N–H and O–H groups in total. The fraction of sp³-hybridized carbons (Fsp3) is 0.182. The molecule has 0 unspecified atom stereocenters. The van der Waals surface area contributed by atoms with Crippen molar-refractivity contribution in [2.75, 3.05) is 7.11 Å². The molecule has 0 fully saturated rings. The first-order valence-corrected chi connectivity index (χ1v) is 4.55. The summed E-state index contributed by atoms with van der Waals surface area (Å²) >= 11 is 0. The van der Waals surface area contributed by atoms with Crippen molar-refractivity contribution in [3.8, 4) is 0 Å². The van der Waals surface area contributed by atoms with E-state index >= 15 is 0 Å². The largest absolute Gasteiger partial charge is 0.465 e. The Hall–Kier alpha value is -2.17. The molecule has 5 heteroatoms. The Bertz CT molecular complexity index is 451. The van der Waals surface area contributed by atoms with E-state index in [0.717, 1.165) is 11.8 Å². The zero-order valence-corrected chi connectivity index (χ0v) is 8.97. The van der Waals surface area contributed by atoms with Gasteiger partial charge in [0, 0.05) is 6.08 Å². The normalized spacial score (nSPS) is 10.4. The van der Waals surface area contributed by atoms with Crippen molar-refractivity contribution in [1.29, 1.82) is 0 Å². The van der Waals surface area contributed by atoms with E-state index in [4.69, 9.17) is 0 Å². The molecule has 0 saturated carbocycles. The number of esters is 1. The van der Waals surface area contributed by atoms with Crippen LogP contribution in [0.1, 0.15) is 21.5 Å². The van der Waals surface area contributed by atoms with Crippen LogP contribution in [0.15, 0.2) is 24.4 Å². The van der Waals surface area contributed by atoms with Gasteiger partial charge in [-0.25, -0.2) is 4.79 Å². The fourth-order valence-corrected chi connectivity index (χ4v) is 1.28. The van der Waals surface area contributed by atoms with Crippen LogP contribution in [0.4, 0.5) is 0 Å². The van der Waals surface area contributed by atoms with Crippen LogP contribution < -0.4 is 0 Å². The van der Waals surface area contributed by atoms with Gasteiger partial charge in [-0.05, 0) is 24.1 Å². The summed E-state index contributed by atoms with van der Waals surface area (Å²) in [6.45, 7) is 1.75. The minimum absolute atomic E-state index is 0.415. The van der Waals surface area contributed by atoms with Crippen LogP contribution in [0, 0.1) is 17.0 Å². The molecule has 5 nitrogen and oxygen atoms in total. The van der Waals surface area contributed by atoms with Crippen molar-refractivity contribution in [2.45, 2.75) is 6.92 Å². The van der Waals surface area contributed by atoms with Gasteiger partial charge in [0.25, 0.3) is 0 Å². The van der Waals surface area contributed by atoms with Gasteiger partial charge in [-0.1, -0.05) is 12.1 Å². The van der Waals surface area contributed by atoms with E-state index in [9.17, 15) is 14.9 Å². The Kier molecular flexibility index (Phi) is 3.77. The molecule has 0 aromatic heterocycles. The number of hydrogen-bond acceptors (Lipinski definition) is 4. The maximum atomic E-state index is 11.3. The minimum atomic E-state index is -0.538. The van der Waals surface area contributed by atoms with E-state index < -0.39 is 10.9 Å². The lowest BCUT2D eigenvalue weighted by molar-refractivity contribution is -0.400. The molecule has 16 heavy (non-hydrogen) atoms. The molecule has 84 valence electrons. The molecule has 0 atom stereocenters. The molecule has 0 saturated heterocycles. The molecule has 0 radical (unpaired) electrons. The van der Waals surface area contributed by atoms with Crippen molar-refractivity contribution in [3.05, 3.63) is 51.2 Å². The summed E-state index contributed by atoms with van der Waals surface area (Å²) in [6, 6.07) is 4.90. The van der Waals surface area contributed by atoms with Crippen LogP contribution >= 0.6 is 0 Å². The summed E-state index contributed by atoms with van der Waals surface area (Å²) in [7, 11) is 1.31. The average molecular weight is 221 g/mol. The van der Waals surface area contributed by atoms with Gasteiger partial charge in [0.15, 0.2) is 0 Å². The van der Waals surface area contributed by atoms with Gasteiger partial charge in [-0.3, -0.25) is 10.1 Å². The number of nitro groups is 1. The quantitative estimate of drug-likeness (QED) is 0.445. The molecular weight excluding hydrogens is 210 g/mol. The lowest BCUT2D eigenvalue weighted by Gasteiger charge is -2.03. The van der Waals surface area contributed by atoms with Crippen molar-refractivity contribution in [1.82, 2.24) is 0 Å². The second kappa shape index (κ2) is 5.06. The Morgan fingerprint density at radius 1 is 1.50 bits per heavy atom. The van der Waals surface area contributed by atoms with Crippen molar-refractivity contribution < 1.29 is 14.5 Å². The smallest absolute Gasteiger partial charge is 0.338 e. The van der Waals surface area contributed by atoms with Crippen molar-refractivity contribution >= 4 is 12.0 Å². The van der Waals surface area contributed by atoms with E-state index in [1.807, 2.05) is 0 Å². The maximum Gasteiger partial charge on any atom is 0.338 e. The highest BCUT2D eigenvalue weighted by Gasteiger charge is 2.08. The maximum absolute atomic E-state index is 11.3. The number of ether oxygens (including phenoxy) is 1. The fourth-order valence-electron chi connectivity index (χ4n) is 1.28. The standard InChI is InChI=1S/C11H11NO4/c1-8-7-9(5-6-12(14)15)3-4-10(8)11(13)16-2/h3-7H,1-2H3/b6-5+. The summed E-state index contributed by atoms with van der Waals surface area (Å²) in [5.74, 6) is -0.415. The van der Waals surface area contributed by atoms with Gasteiger partial charge in [0.1, 0.15) is 0 Å². The monoisotopic (exact) mass is 221 g/mol. The first-order valence-electron chi connectivity index (χ1n) is 4.55. The number of nitrogens with zero attached hydrogens (tertiary/aromatic N) is 1. The highest BCUT2D eigenvalue weighted by atomic mass is 16.6. The molecular formula is C11H11NO4. The second-order valence-electron chi connectivity index (χ2n) is 3.17. The summed E-state index contributed by atoms with van der Waals surface area (Å²) in [6.07, 6.45) is 2.22. The molecule has 0 bridgehead atoms. The molecule has 1 rings (SSSR count). The van der Waals surface area contributed by atoms with E-state index in [2.05, 4.69) is 4.74 Å². The Labute approximate surface area is 92.5 Å². The van der Waals surface area contributed by atoms with Gasteiger partial charge in [0.2, 0.25) is 6.20 Å². The first-order chi connectivity index (χ1) is 7.54. The predicted molar refractivity (Wildman–Crippen MR) is 58.5 cm³/mol. The Morgan fingerprint density at radius 2 is 2.19 bits per heavy atom. The topological polar surface area (TPSA) is 69.4 Å². The lowest BCUT2D eigenvalue weighted by Crippen LogP contribution is -2.03. The van der Waals surface area contributed by atoms with E-state index in [0.29, 0.717) is 11.1 Å². The van der Waals surface area contributed by atoms with Crippen LogP contribution in [0.5, 0.6) is 0 Å². The van der Waals surface area contributed by atoms with Gasteiger partial charge < -0.3 is 4.74 Å². The third-order valence-corrected chi connectivity index (χ3v) is 2.04. The molecule has 0 aliphatic rings. The minimum Gasteiger partial charge on any atom is -0.465 e. The molecule has 0 spiro atoms. The van der Waals surface area contributed by atoms with Crippen molar-refractivity contribution in [3.63, 3.8) is 0 Å². The number of hydrogen-bond donors (Lipinski definition) is 0. The van der Waals surface area contributed by atoms with Crippen LogP contribution in [0.25, 0.3) is 6.08 Å². The second-order valence-corrected chi connectivity index (χ2v) is 3.17. The van der Waals surface area contributed by atoms with Gasteiger partial charge >= 0.3 is 5.97 Å². The van der Waals surface area contributed by atoms with Gasteiger partial charge in [0.05, 0.1) is 17.6 Å². The SMILES string of the molecule is COC(=O)c1ccc(/C=C/[N+](=O)[O-])cc1C. The van der Waals surface area contributed by atoms with Crippen LogP contribution in [-0.4, -0.2) is 18.0 Å². The third-order valence-electron chi connectivity index (χ3n) is 2.04. The number of carbonyl (C=O) groups is 1. The molecule has 0 aliphatic carbocycles. The summed E-state index contributed by atoms with van der Waals surface area (Å²) in [5.41, 5.74) is 1.85. The zero-order chi connectivity index (χ0) is 12.1. The third kappa shape index (κ3) is 2.91. The van der Waals surface area contributed by atoms with Crippen LogP contribution in [0.2, 0.25) is 0 Å². The summed E-state index contributed by atoms with van der Waals surface area (Å²) < 4.78 is 4.59. The highest BCUT2D eigenvalue weighted by Crippen LogP contribution is 2.13. The summed E-state index contributed by atoms with van der Waals surface area (Å²) in [5, 5.41) is 10.1. The number of benzene rings is 1. The first kappa shape index (κ1) is 11.9. The molecule has 1 aromatic rings. The van der Waals surface area contributed by atoms with Crippen molar-refractivity contribution in [2.24, 2.45) is 0 Å².